The van der Waals surface area contributed by atoms with Crippen molar-refractivity contribution < 1.29 is 5.11 Å². The molecule has 0 bridgehead atoms. The summed E-state index contributed by atoms with van der Waals surface area (Å²) in [6.45, 7) is 1.88. The molecule has 1 aromatic heterocycles. The third-order valence-electron chi connectivity index (χ3n) is 3.31. The van der Waals surface area contributed by atoms with Crippen LogP contribution < -0.4 is 5.32 Å². The Hall–Kier alpha value is -0.930. The monoisotopic (exact) mass is 220 g/mol. The van der Waals surface area contributed by atoms with E-state index in [2.05, 4.69) is 10.3 Å². The van der Waals surface area contributed by atoms with E-state index in [0.29, 0.717) is 5.92 Å². The van der Waals surface area contributed by atoms with E-state index in [1.165, 1.54) is 6.42 Å². The van der Waals surface area contributed by atoms with Gasteiger partial charge in [0.15, 0.2) is 0 Å². The summed E-state index contributed by atoms with van der Waals surface area (Å²) in [4.78, 5) is 4.27. The number of nitrogens with one attached hydrogen (secondary N) is 1. The van der Waals surface area contributed by atoms with Gasteiger partial charge in [-0.25, -0.2) is 0 Å². The highest BCUT2D eigenvalue weighted by Gasteiger charge is 2.24. The average Bonchev–Trinajstić information content (AvgIpc) is 2.72. The van der Waals surface area contributed by atoms with E-state index in [4.69, 9.17) is 0 Å². The first kappa shape index (κ1) is 11.6. The third kappa shape index (κ3) is 3.29. The van der Waals surface area contributed by atoms with E-state index >= 15 is 0 Å². The summed E-state index contributed by atoms with van der Waals surface area (Å²) in [5, 5.41) is 13.1. The van der Waals surface area contributed by atoms with Gasteiger partial charge >= 0.3 is 0 Å². The Labute approximate surface area is 96.9 Å². The second-order valence-corrected chi connectivity index (χ2v) is 4.53. The Kier molecular flexibility index (Phi) is 4.31. The summed E-state index contributed by atoms with van der Waals surface area (Å²) in [6.07, 6.45) is 6.03. The maximum absolute atomic E-state index is 9.65. The SMILES string of the molecule is OC1CCCC1CNCCc1ccccn1. The Bertz CT molecular complexity index is 302. The first-order valence-electron chi connectivity index (χ1n) is 6.15. The summed E-state index contributed by atoms with van der Waals surface area (Å²) in [7, 11) is 0. The molecular formula is C13H20N2O. The van der Waals surface area contributed by atoms with Crippen molar-refractivity contribution >= 4 is 0 Å². The van der Waals surface area contributed by atoms with Crippen LogP contribution in [0.4, 0.5) is 0 Å². The van der Waals surface area contributed by atoms with Gasteiger partial charge in [0.2, 0.25) is 0 Å². The van der Waals surface area contributed by atoms with Crippen LogP contribution in [0.1, 0.15) is 25.0 Å². The average molecular weight is 220 g/mol. The van der Waals surface area contributed by atoms with Crippen molar-refractivity contribution in [2.24, 2.45) is 5.92 Å². The Morgan fingerprint density at radius 2 is 2.31 bits per heavy atom. The van der Waals surface area contributed by atoms with E-state index in [9.17, 15) is 5.11 Å². The van der Waals surface area contributed by atoms with Crippen LogP contribution in [0.3, 0.4) is 0 Å². The van der Waals surface area contributed by atoms with Crippen molar-refractivity contribution in [1.82, 2.24) is 10.3 Å². The van der Waals surface area contributed by atoms with Crippen LogP contribution in [0, 0.1) is 5.92 Å². The van der Waals surface area contributed by atoms with Crippen molar-refractivity contribution in [2.75, 3.05) is 13.1 Å². The van der Waals surface area contributed by atoms with Crippen LogP contribution in [0.2, 0.25) is 0 Å². The van der Waals surface area contributed by atoms with Crippen molar-refractivity contribution in [2.45, 2.75) is 31.8 Å². The second kappa shape index (κ2) is 5.97. The van der Waals surface area contributed by atoms with Crippen LogP contribution in [-0.4, -0.2) is 29.3 Å². The van der Waals surface area contributed by atoms with Gasteiger partial charge in [-0.1, -0.05) is 12.5 Å². The van der Waals surface area contributed by atoms with E-state index in [-0.39, 0.29) is 6.10 Å². The molecular weight excluding hydrogens is 200 g/mol. The van der Waals surface area contributed by atoms with Crippen molar-refractivity contribution in [3.8, 4) is 0 Å². The highest BCUT2D eigenvalue weighted by atomic mass is 16.3. The van der Waals surface area contributed by atoms with Gasteiger partial charge < -0.3 is 10.4 Å². The van der Waals surface area contributed by atoms with Crippen LogP contribution in [0.15, 0.2) is 24.4 Å². The Morgan fingerprint density at radius 1 is 1.38 bits per heavy atom. The van der Waals surface area contributed by atoms with Gasteiger partial charge in [-0.2, -0.15) is 0 Å². The molecule has 0 aliphatic heterocycles. The summed E-state index contributed by atoms with van der Waals surface area (Å²) in [5.41, 5.74) is 1.13. The predicted octanol–water partition coefficient (Wildman–Crippen LogP) is 1.37. The smallest absolute Gasteiger partial charge is 0.0580 e. The summed E-state index contributed by atoms with van der Waals surface area (Å²) in [5.74, 6) is 0.462. The molecule has 0 saturated heterocycles. The Balaban J connectivity index is 1.62. The number of rotatable bonds is 5. The van der Waals surface area contributed by atoms with Gasteiger partial charge in [0.25, 0.3) is 0 Å². The summed E-state index contributed by atoms with van der Waals surface area (Å²) < 4.78 is 0. The quantitative estimate of drug-likeness (QED) is 0.737. The molecule has 1 aliphatic rings. The van der Waals surface area contributed by atoms with Gasteiger partial charge in [-0.3, -0.25) is 4.98 Å². The number of hydrogen-bond donors (Lipinski definition) is 2. The van der Waals surface area contributed by atoms with Crippen LogP contribution >= 0.6 is 0 Å². The number of aromatic nitrogens is 1. The number of nitrogens with zero attached hydrogens (tertiary/aromatic N) is 1. The summed E-state index contributed by atoms with van der Waals surface area (Å²) >= 11 is 0. The minimum Gasteiger partial charge on any atom is -0.393 e. The molecule has 2 atom stereocenters. The maximum atomic E-state index is 9.65. The first-order valence-corrected chi connectivity index (χ1v) is 6.15. The van der Waals surface area contributed by atoms with Gasteiger partial charge in [-0.05, 0) is 30.9 Å². The molecule has 88 valence electrons. The van der Waals surface area contributed by atoms with E-state index in [1.807, 2.05) is 24.4 Å². The normalized spacial score (nSPS) is 24.8. The molecule has 1 heterocycles. The van der Waals surface area contributed by atoms with Crippen LogP contribution in [0.25, 0.3) is 0 Å². The standard InChI is InChI=1S/C13H20N2O/c16-13-6-3-4-11(13)10-14-9-7-12-5-1-2-8-15-12/h1-2,5,8,11,13-14,16H,3-4,6-7,9-10H2. The fourth-order valence-corrected chi connectivity index (χ4v) is 2.31. The lowest BCUT2D eigenvalue weighted by Gasteiger charge is -2.14. The fraction of sp³-hybridized carbons (Fsp3) is 0.615. The topological polar surface area (TPSA) is 45.1 Å². The number of aliphatic hydroxyl groups is 1. The minimum atomic E-state index is -0.0812. The lowest BCUT2D eigenvalue weighted by atomic mass is 10.1. The lowest BCUT2D eigenvalue weighted by Crippen LogP contribution is -2.29. The summed E-state index contributed by atoms with van der Waals surface area (Å²) in [6, 6.07) is 6.00. The van der Waals surface area contributed by atoms with E-state index in [1.54, 1.807) is 0 Å². The molecule has 0 spiro atoms. The highest BCUT2D eigenvalue weighted by molar-refractivity contribution is 5.03. The lowest BCUT2D eigenvalue weighted by molar-refractivity contribution is 0.132. The highest BCUT2D eigenvalue weighted by Crippen LogP contribution is 2.24. The van der Waals surface area contributed by atoms with Gasteiger partial charge in [0.1, 0.15) is 0 Å². The molecule has 1 aliphatic carbocycles. The number of pyridine rings is 1. The van der Waals surface area contributed by atoms with Crippen LogP contribution in [-0.2, 0) is 6.42 Å². The zero-order valence-corrected chi connectivity index (χ0v) is 9.60. The minimum absolute atomic E-state index is 0.0812. The predicted molar refractivity (Wildman–Crippen MR) is 64.2 cm³/mol. The third-order valence-corrected chi connectivity index (χ3v) is 3.31. The van der Waals surface area contributed by atoms with Gasteiger partial charge in [0, 0.05) is 31.4 Å². The zero-order chi connectivity index (χ0) is 11.2. The molecule has 0 aromatic carbocycles. The largest absolute Gasteiger partial charge is 0.393 e. The molecule has 2 unspecified atom stereocenters. The van der Waals surface area contributed by atoms with Gasteiger partial charge in [-0.15, -0.1) is 0 Å². The number of aliphatic hydroxyl groups excluding tert-OH is 1. The van der Waals surface area contributed by atoms with Crippen molar-refractivity contribution in [3.05, 3.63) is 30.1 Å². The maximum Gasteiger partial charge on any atom is 0.0580 e. The second-order valence-electron chi connectivity index (χ2n) is 4.53. The van der Waals surface area contributed by atoms with E-state index < -0.39 is 0 Å². The molecule has 1 saturated carbocycles. The fourth-order valence-electron chi connectivity index (χ4n) is 2.31. The molecule has 3 heteroatoms. The first-order chi connectivity index (χ1) is 7.86. The molecule has 2 rings (SSSR count). The number of hydrogen-bond acceptors (Lipinski definition) is 3. The molecule has 2 N–H and O–H groups in total. The van der Waals surface area contributed by atoms with E-state index in [0.717, 1.165) is 38.0 Å². The van der Waals surface area contributed by atoms with Crippen LogP contribution in [0.5, 0.6) is 0 Å². The molecule has 1 aromatic rings. The molecule has 16 heavy (non-hydrogen) atoms. The molecule has 3 nitrogen and oxygen atoms in total. The Morgan fingerprint density at radius 3 is 3.00 bits per heavy atom. The zero-order valence-electron chi connectivity index (χ0n) is 9.60. The van der Waals surface area contributed by atoms with Crippen molar-refractivity contribution in [3.63, 3.8) is 0 Å². The van der Waals surface area contributed by atoms with Gasteiger partial charge in [0.05, 0.1) is 6.10 Å². The molecule has 1 fully saturated rings. The van der Waals surface area contributed by atoms with Crippen molar-refractivity contribution in [1.29, 1.82) is 0 Å². The molecule has 0 radical (unpaired) electrons. The molecule has 0 amide bonds.